The minimum atomic E-state index is -0.363. The molecule has 0 aliphatic carbocycles. The van der Waals surface area contributed by atoms with E-state index in [0.717, 1.165) is 10.1 Å². The molecule has 1 aromatic carbocycles. The summed E-state index contributed by atoms with van der Waals surface area (Å²) in [6, 6.07) is 3.57. The van der Waals surface area contributed by atoms with Crippen molar-refractivity contribution in [2.45, 2.75) is 17.3 Å². The molecule has 2 aliphatic heterocycles. The van der Waals surface area contributed by atoms with Crippen molar-refractivity contribution >= 4 is 33.3 Å². The molecule has 0 saturated carbocycles. The van der Waals surface area contributed by atoms with Crippen molar-refractivity contribution in [1.29, 1.82) is 0 Å². The maximum atomic E-state index is 12.7. The second kappa shape index (κ2) is 5.81. The smallest absolute Gasteiger partial charge is 0.332 e. The van der Waals surface area contributed by atoms with E-state index < -0.39 is 0 Å². The molecular formula is C16H15BrClN3O4. The molecular weight excluding hydrogens is 414 g/mol. The molecule has 0 amide bonds. The summed E-state index contributed by atoms with van der Waals surface area (Å²) in [5, 5.41) is 3.74. The molecule has 0 saturated heterocycles. The van der Waals surface area contributed by atoms with Crippen LogP contribution in [0.5, 0.6) is 11.5 Å². The van der Waals surface area contributed by atoms with Crippen LogP contribution in [0.15, 0.2) is 21.7 Å². The molecule has 4 rings (SSSR count). The molecule has 0 radical (unpaired) electrons. The van der Waals surface area contributed by atoms with Crippen molar-refractivity contribution in [2.24, 2.45) is 14.1 Å². The number of benzene rings is 1. The molecule has 3 heterocycles. The van der Waals surface area contributed by atoms with E-state index in [-0.39, 0.29) is 28.9 Å². The van der Waals surface area contributed by atoms with Gasteiger partial charge in [0.2, 0.25) is 6.79 Å². The average molecular weight is 429 g/mol. The summed E-state index contributed by atoms with van der Waals surface area (Å²) in [5.41, 5.74) is 0.762. The second-order valence-corrected chi connectivity index (χ2v) is 7.52. The van der Waals surface area contributed by atoms with Gasteiger partial charge < -0.3 is 14.8 Å². The van der Waals surface area contributed by atoms with Gasteiger partial charge >= 0.3 is 5.69 Å². The van der Waals surface area contributed by atoms with Gasteiger partial charge in [-0.2, -0.15) is 0 Å². The Morgan fingerprint density at radius 3 is 2.64 bits per heavy atom. The minimum Gasteiger partial charge on any atom is -0.454 e. The first-order valence-electron chi connectivity index (χ1n) is 7.67. The maximum Gasteiger partial charge on any atom is 0.332 e. The van der Waals surface area contributed by atoms with E-state index in [0.29, 0.717) is 34.3 Å². The van der Waals surface area contributed by atoms with E-state index >= 15 is 0 Å². The van der Waals surface area contributed by atoms with Gasteiger partial charge in [-0.15, -0.1) is 0 Å². The van der Waals surface area contributed by atoms with Crippen molar-refractivity contribution < 1.29 is 9.47 Å². The zero-order chi connectivity index (χ0) is 17.9. The molecule has 7 nitrogen and oxygen atoms in total. The first kappa shape index (κ1) is 16.5. The fourth-order valence-electron chi connectivity index (χ4n) is 3.31. The number of hydrogen-bond acceptors (Lipinski definition) is 5. The monoisotopic (exact) mass is 427 g/mol. The third-order valence-corrected chi connectivity index (χ3v) is 5.90. The quantitative estimate of drug-likeness (QED) is 0.584. The van der Waals surface area contributed by atoms with Gasteiger partial charge in [-0.25, -0.2) is 4.79 Å². The molecule has 2 aromatic rings. The summed E-state index contributed by atoms with van der Waals surface area (Å²) in [7, 11) is 3.13. The van der Waals surface area contributed by atoms with Gasteiger partial charge in [-0.05, 0) is 18.1 Å². The van der Waals surface area contributed by atoms with Crippen LogP contribution in [0.4, 0.5) is 5.82 Å². The van der Waals surface area contributed by atoms with Crippen molar-refractivity contribution in [2.75, 3.05) is 12.1 Å². The van der Waals surface area contributed by atoms with E-state index in [9.17, 15) is 9.59 Å². The van der Waals surface area contributed by atoms with Crippen molar-refractivity contribution in [3.05, 3.63) is 49.1 Å². The van der Waals surface area contributed by atoms with Gasteiger partial charge in [0.25, 0.3) is 5.56 Å². The lowest BCUT2D eigenvalue weighted by molar-refractivity contribution is 0.174. The van der Waals surface area contributed by atoms with E-state index in [2.05, 4.69) is 21.2 Å². The number of fused-ring (bicyclic) bond motifs is 2. The molecule has 1 N–H and O–H groups in total. The van der Waals surface area contributed by atoms with Gasteiger partial charge in [0.1, 0.15) is 5.82 Å². The standard InChI is InChI=1S/C16H15BrClN3O4/c1-20-14-12(15(22)21(2)16(20)23)8(13(17)19-14)3-7-4-10-11(5-9(7)18)25-6-24-10/h4-5,8,13,19H,3,6H2,1-2H3. The molecule has 2 aliphatic rings. The van der Waals surface area contributed by atoms with Crippen LogP contribution in [0, 0.1) is 0 Å². The lowest BCUT2D eigenvalue weighted by Gasteiger charge is -2.16. The molecule has 0 bridgehead atoms. The Morgan fingerprint density at radius 2 is 1.92 bits per heavy atom. The first-order chi connectivity index (χ1) is 11.9. The summed E-state index contributed by atoms with van der Waals surface area (Å²) in [6.07, 6.45) is 0.513. The Hall–Kier alpha value is -1.93. The van der Waals surface area contributed by atoms with Gasteiger partial charge in [-0.1, -0.05) is 27.5 Å². The Labute approximate surface area is 156 Å². The molecule has 0 fully saturated rings. The predicted molar refractivity (Wildman–Crippen MR) is 97.3 cm³/mol. The summed E-state index contributed by atoms with van der Waals surface area (Å²) < 4.78 is 13.3. The van der Waals surface area contributed by atoms with Crippen LogP contribution >= 0.6 is 27.5 Å². The highest BCUT2D eigenvalue weighted by atomic mass is 79.9. The number of halogens is 2. The highest BCUT2D eigenvalue weighted by Crippen LogP contribution is 2.42. The molecule has 0 spiro atoms. The van der Waals surface area contributed by atoms with Crippen molar-refractivity contribution in [3.63, 3.8) is 0 Å². The lowest BCUT2D eigenvalue weighted by Crippen LogP contribution is -2.39. The number of anilines is 1. The van der Waals surface area contributed by atoms with Crippen LogP contribution < -0.4 is 26.0 Å². The zero-order valence-corrected chi connectivity index (χ0v) is 15.8. The van der Waals surface area contributed by atoms with Gasteiger partial charge in [-0.3, -0.25) is 13.9 Å². The fourth-order valence-corrected chi connectivity index (χ4v) is 4.21. The summed E-state index contributed by atoms with van der Waals surface area (Å²) >= 11 is 9.95. The molecule has 2 unspecified atom stereocenters. The zero-order valence-electron chi connectivity index (χ0n) is 13.5. The van der Waals surface area contributed by atoms with Crippen LogP contribution in [0.2, 0.25) is 5.02 Å². The summed E-state index contributed by atoms with van der Waals surface area (Å²) in [5.74, 6) is 1.62. The van der Waals surface area contributed by atoms with Gasteiger partial charge in [0.15, 0.2) is 11.5 Å². The molecule has 9 heteroatoms. The van der Waals surface area contributed by atoms with E-state index in [1.807, 2.05) is 6.07 Å². The van der Waals surface area contributed by atoms with Crippen LogP contribution in [0.3, 0.4) is 0 Å². The summed E-state index contributed by atoms with van der Waals surface area (Å²) in [4.78, 5) is 24.6. The summed E-state index contributed by atoms with van der Waals surface area (Å²) in [6.45, 7) is 0.173. The second-order valence-electron chi connectivity index (χ2n) is 6.12. The number of ether oxygens (including phenoxy) is 2. The molecule has 1 aromatic heterocycles. The van der Waals surface area contributed by atoms with E-state index in [4.69, 9.17) is 21.1 Å². The first-order valence-corrected chi connectivity index (χ1v) is 8.96. The van der Waals surface area contributed by atoms with Crippen LogP contribution in [-0.4, -0.2) is 20.9 Å². The predicted octanol–water partition coefficient (Wildman–Crippen LogP) is 1.94. The molecule has 2 atom stereocenters. The normalized spacial score (nSPS) is 20.5. The Balaban J connectivity index is 1.80. The Morgan fingerprint density at radius 1 is 1.24 bits per heavy atom. The molecule has 132 valence electrons. The van der Waals surface area contributed by atoms with Gasteiger partial charge in [0.05, 0.1) is 10.5 Å². The number of rotatable bonds is 2. The number of nitrogens with zero attached hydrogens (tertiary/aromatic N) is 2. The Bertz CT molecular complexity index is 1000. The highest BCUT2D eigenvalue weighted by molar-refractivity contribution is 9.09. The average Bonchev–Trinajstić information content (AvgIpc) is 3.16. The number of hydrogen-bond donors (Lipinski definition) is 1. The SMILES string of the molecule is Cn1c2c(c(=O)n(C)c1=O)C(Cc1cc3c(cc1Cl)OCO3)C(Br)N2. The topological polar surface area (TPSA) is 74.5 Å². The minimum absolute atomic E-state index is 0.173. The van der Waals surface area contributed by atoms with E-state index in [1.54, 1.807) is 13.1 Å². The van der Waals surface area contributed by atoms with E-state index in [1.165, 1.54) is 11.6 Å². The maximum absolute atomic E-state index is 12.7. The fraction of sp³-hybridized carbons (Fsp3) is 0.375. The van der Waals surface area contributed by atoms with Crippen LogP contribution in [0.25, 0.3) is 0 Å². The van der Waals surface area contributed by atoms with Gasteiger partial charge in [0, 0.05) is 31.1 Å². The third-order valence-electron chi connectivity index (χ3n) is 4.68. The largest absolute Gasteiger partial charge is 0.454 e. The van der Waals surface area contributed by atoms with Crippen LogP contribution in [-0.2, 0) is 20.5 Å². The third kappa shape index (κ3) is 2.46. The highest BCUT2D eigenvalue weighted by Gasteiger charge is 2.36. The van der Waals surface area contributed by atoms with Crippen LogP contribution in [0.1, 0.15) is 17.0 Å². The number of aromatic nitrogens is 2. The Kier molecular flexibility index (Phi) is 3.84. The lowest BCUT2D eigenvalue weighted by atomic mass is 9.95. The number of alkyl halides is 1. The molecule has 25 heavy (non-hydrogen) atoms. The van der Waals surface area contributed by atoms with Crippen molar-refractivity contribution in [1.82, 2.24) is 9.13 Å². The van der Waals surface area contributed by atoms with Crippen molar-refractivity contribution in [3.8, 4) is 11.5 Å². The number of nitrogens with one attached hydrogen (secondary N) is 1.